The van der Waals surface area contributed by atoms with E-state index in [4.69, 9.17) is 4.74 Å². The van der Waals surface area contributed by atoms with Crippen molar-refractivity contribution in [2.45, 2.75) is 19.4 Å². The molecule has 0 radical (unpaired) electrons. The fourth-order valence-corrected chi connectivity index (χ4v) is 4.04. The molecule has 0 unspecified atom stereocenters. The summed E-state index contributed by atoms with van der Waals surface area (Å²) in [7, 11) is -3.00. The van der Waals surface area contributed by atoms with Gasteiger partial charge >= 0.3 is 0 Å². The lowest BCUT2D eigenvalue weighted by Crippen LogP contribution is -2.32. The summed E-state index contributed by atoms with van der Waals surface area (Å²) in [5.41, 5.74) is 1.12. The van der Waals surface area contributed by atoms with E-state index < -0.39 is 9.84 Å². The molecule has 1 aliphatic rings. The van der Waals surface area contributed by atoms with Gasteiger partial charge in [-0.05, 0) is 18.4 Å². The molecule has 0 bridgehead atoms. The van der Waals surface area contributed by atoms with Crippen LogP contribution in [0.15, 0.2) is 30.3 Å². The molecular weight excluding hydrogens is 290 g/mol. The van der Waals surface area contributed by atoms with Crippen molar-refractivity contribution in [3.8, 4) is 0 Å². The Balaban J connectivity index is 1.55. The van der Waals surface area contributed by atoms with Crippen LogP contribution in [0.1, 0.15) is 18.4 Å². The van der Waals surface area contributed by atoms with Gasteiger partial charge in [0.2, 0.25) is 5.91 Å². The fourth-order valence-electron chi connectivity index (χ4n) is 2.30. The molecule has 21 heavy (non-hydrogen) atoms. The number of nitrogens with one attached hydrogen (secondary N) is 1. The van der Waals surface area contributed by atoms with Crippen LogP contribution in [0.25, 0.3) is 0 Å². The first-order valence-electron chi connectivity index (χ1n) is 7.17. The molecule has 0 saturated carbocycles. The van der Waals surface area contributed by atoms with Crippen LogP contribution in [-0.4, -0.2) is 39.0 Å². The lowest BCUT2D eigenvalue weighted by molar-refractivity contribution is -0.124. The lowest BCUT2D eigenvalue weighted by atomic mass is 10.1. The zero-order valence-electron chi connectivity index (χ0n) is 12.0. The standard InChI is InChI=1S/C15H21NO4S/c17-15(14-7-10-21(18,19)12-14)16-8-4-9-20-11-13-5-2-1-3-6-13/h1-3,5-6,14H,4,7-12H2,(H,16,17)/t14-/m0/s1. The molecule has 0 spiro atoms. The average Bonchev–Trinajstić information content (AvgIpc) is 2.84. The van der Waals surface area contributed by atoms with E-state index in [-0.39, 0.29) is 23.3 Å². The van der Waals surface area contributed by atoms with Crippen LogP contribution in [0.5, 0.6) is 0 Å². The van der Waals surface area contributed by atoms with Crippen LogP contribution in [-0.2, 0) is 26.0 Å². The Morgan fingerprint density at radius 1 is 1.29 bits per heavy atom. The number of ether oxygens (including phenoxy) is 1. The van der Waals surface area contributed by atoms with Gasteiger partial charge in [-0.3, -0.25) is 4.79 Å². The predicted molar refractivity (Wildman–Crippen MR) is 80.5 cm³/mol. The highest BCUT2D eigenvalue weighted by atomic mass is 32.2. The summed E-state index contributed by atoms with van der Waals surface area (Å²) in [5.74, 6) is -0.409. The summed E-state index contributed by atoms with van der Waals surface area (Å²) in [5, 5.41) is 2.78. The van der Waals surface area contributed by atoms with E-state index in [0.717, 1.165) is 12.0 Å². The maximum atomic E-state index is 11.8. The molecule has 1 amide bonds. The van der Waals surface area contributed by atoms with Gasteiger partial charge in [0.05, 0.1) is 24.0 Å². The van der Waals surface area contributed by atoms with Gasteiger partial charge < -0.3 is 10.1 Å². The Morgan fingerprint density at radius 2 is 2.05 bits per heavy atom. The summed E-state index contributed by atoms with van der Waals surface area (Å²) in [6.45, 7) is 1.65. The Kier molecular flexibility index (Phi) is 5.76. The van der Waals surface area contributed by atoms with Crippen LogP contribution in [0.3, 0.4) is 0 Å². The second-order valence-corrected chi connectivity index (χ2v) is 7.51. The third-order valence-corrected chi connectivity index (χ3v) is 5.25. The minimum absolute atomic E-state index is 0.0106. The predicted octanol–water partition coefficient (Wildman–Crippen LogP) is 1.14. The van der Waals surface area contributed by atoms with Crippen molar-refractivity contribution in [1.82, 2.24) is 5.32 Å². The van der Waals surface area contributed by atoms with Gasteiger partial charge in [-0.15, -0.1) is 0 Å². The molecule has 1 fully saturated rings. The molecule has 6 heteroatoms. The summed E-state index contributed by atoms with van der Waals surface area (Å²) in [6.07, 6.45) is 1.16. The molecule has 116 valence electrons. The largest absolute Gasteiger partial charge is 0.377 e. The number of carbonyl (C=O) groups is 1. The van der Waals surface area contributed by atoms with E-state index in [0.29, 0.717) is 26.2 Å². The third kappa shape index (κ3) is 5.47. The van der Waals surface area contributed by atoms with Gasteiger partial charge in [-0.1, -0.05) is 30.3 Å². The van der Waals surface area contributed by atoms with E-state index in [9.17, 15) is 13.2 Å². The van der Waals surface area contributed by atoms with Crippen LogP contribution >= 0.6 is 0 Å². The zero-order chi connectivity index (χ0) is 15.1. The highest BCUT2D eigenvalue weighted by Crippen LogP contribution is 2.18. The number of hydrogen-bond donors (Lipinski definition) is 1. The molecule has 2 rings (SSSR count). The van der Waals surface area contributed by atoms with Gasteiger partial charge in [-0.2, -0.15) is 0 Å². The number of hydrogen-bond acceptors (Lipinski definition) is 4. The van der Waals surface area contributed by atoms with Crippen molar-refractivity contribution in [3.05, 3.63) is 35.9 Å². The average molecular weight is 311 g/mol. The molecule has 5 nitrogen and oxygen atoms in total. The summed E-state index contributed by atoms with van der Waals surface area (Å²) < 4.78 is 28.1. The van der Waals surface area contributed by atoms with E-state index in [1.165, 1.54) is 0 Å². The minimum atomic E-state index is -3.00. The molecule has 0 aliphatic carbocycles. The number of rotatable bonds is 7. The second-order valence-electron chi connectivity index (χ2n) is 5.28. The SMILES string of the molecule is O=C(NCCCOCc1ccccc1)[C@H]1CCS(=O)(=O)C1. The normalized spacial score (nSPS) is 20.3. The van der Waals surface area contributed by atoms with E-state index in [2.05, 4.69) is 5.32 Å². The minimum Gasteiger partial charge on any atom is -0.377 e. The fraction of sp³-hybridized carbons (Fsp3) is 0.533. The summed E-state index contributed by atoms with van der Waals surface area (Å²) >= 11 is 0. The zero-order valence-corrected chi connectivity index (χ0v) is 12.8. The highest BCUT2D eigenvalue weighted by molar-refractivity contribution is 7.91. The van der Waals surface area contributed by atoms with E-state index in [1.807, 2.05) is 30.3 Å². The first-order chi connectivity index (χ1) is 10.1. The lowest BCUT2D eigenvalue weighted by Gasteiger charge is -2.09. The van der Waals surface area contributed by atoms with Gasteiger partial charge in [0.15, 0.2) is 9.84 Å². The van der Waals surface area contributed by atoms with Crippen molar-refractivity contribution in [2.75, 3.05) is 24.7 Å². The number of carbonyl (C=O) groups excluding carboxylic acids is 1. The van der Waals surface area contributed by atoms with Crippen LogP contribution in [0.2, 0.25) is 0 Å². The monoisotopic (exact) mass is 311 g/mol. The van der Waals surface area contributed by atoms with Gasteiger partial charge in [0, 0.05) is 13.2 Å². The van der Waals surface area contributed by atoms with Crippen molar-refractivity contribution in [3.63, 3.8) is 0 Å². The maximum Gasteiger partial charge on any atom is 0.224 e. The third-order valence-electron chi connectivity index (χ3n) is 3.48. The molecule has 0 aromatic heterocycles. The quantitative estimate of drug-likeness (QED) is 0.767. The molecular formula is C15H21NO4S. The molecule has 1 aliphatic heterocycles. The van der Waals surface area contributed by atoms with E-state index in [1.54, 1.807) is 0 Å². The summed E-state index contributed by atoms with van der Waals surface area (Å²) in [6, 6.07) is 9.90. The van der Waals surface area contributed by atoms with Crippen LogP contribution < -0.4 is 5.32 Å². The molecule has 1 heterocycles. The van der Waals surface area contributed by atoms with Crippen molar-refractivity contribution in [2.24, 2.45) is 5.92 Å². The Labute approximate surface area is 125 Å². The Hall–Kier alpha value is -1.40. The molecule has 1 saturated heterocycles. The first-order valence-corrected chi connectivity index (χ1v) is 8.99. The van der Waals surface area contributed by atoms with Gasteiger partial charge in [-0.25, -0.2) is 8.42 Å². The Morgan fingerprint density at radius 3 is 2.71 bits per heavy atom. The summed E-state index contributed by atoms with van der Waals surface area (Å²) in [4.78, 5) is 11.8. The number of amides is 1. The van der Waals surface area contributed by atoms with Crippen LogP contribution in [0.4, 0.5) is 0 Å². The van der Waals surface area contributed by atoms with Gasteiger partial charge in [0.25, 0.3) is 0 Å². The number of sulfone groups is 1. The maximum absolute atomic E-state index is 11.8. The van der Waals surface area contributed by atoms with Gasteiger partial charge in [0.1, 0.15) is 0 Å². The highest BCUT2D eigenvalue weighted by Gasteiger charge is 2.32. The first kappa shape index (κ1) is 16.0. The van der Waals surface area contributed by atoms with Crippen LogP contribution in [0, 0.1) is 5.92 Å². The van der Waals surface area contributed by atoms with Crippen molar-refractivity contribution >= 4 is 15.7 Å². The number of benzene rings is 1. The Bertz CT molecular complexity index is 556. The smallest absolute Gasteiger partial charge is 0.224 e. The molecule has 1 aromatic carbocycles. The van der Waals surface area contributed by atoms with Crippen molar-refractivity contribution in [1.29, 1.82) is 0 Å². The van der Waals surface area contributed by atoms with Crippen molar-refractivity contribution < 1.29 is 17.9 Å². The van der Waals surface area contributed by atoms with E-state index >= 15 is 0 Å². The molecule has 1 aromatic rings. The topological polar surface area (TPSA) is 72.5 Å². The molecule has 1 N–H and O–H groups in total. The second kappa shape index (κ2) is 7.56. The molecule has 1 atom stereocenters.